The second kappa shape index (κ2) is 9.77. The third kappa shape index (κ3) is 10.4. The van der Waals surface area contributed by atoms with Gasteiger partial charge < -0.3 is 14.6 Å². The van der Waals surface area contributed by atoms with Crippen LogP contribution in [0.15, 0.2) is 5.11 Å². The Bertz CT molecular complexity index is 501. The van der Waals surface area contributed by atoms with Gasteiger partial charge in [0, 0.05) is 11.5 Å². The van der Waals surface area contributed by atoms with Crippen molar-refractivity contribution in [2.24, 2.45) is 5.11 Å². The molecular weight excluding hydrogens is 310 g/mol. The maximum absolute atomic E-state index is 11.3. The molecule has 1 amide bonds. The van der Waals surface area contributed by atoms with Crippen LogP contribution in [0.4, 0.5) is 4.79 Å². The molecule has 0 bridgehead atoms. The van der Waals surface area contributed by atoms with E-state index >= 15 is 0 Å². The molecule has 1 atom stereocenters. The number of hydrogen-bond donors (Lipinski definition) is 3. The minimum Gasteiger partial charge on any atom is -0.479 e. The van der Waals surface area contributed by atoms with E-state index in [0.717, 1.165) is 0 Å². The third-order valence-corrected chi connectivity index (χ3v) is 2.83. The molecule has 21 heavy (non-hydrogen) atoms. The van der Waals surface area contributed by atoms with Crippen molar-refractivity contribution < 1.29 is 32.6 Å². The lowest BCUT2D eigenvalue weighted by Gasteiger charge is -2.10. The lowest BCUT2D eigenvalue weighted by Crippen LogP contribution is -2.42. The first-order valence-electron chi connectivity index (χ1n) is 5.58. The lowest BCUT2D eigenvalue weighted by molar-refractivity contribution is -0.148. The fourth-order valence-electron chi connectivity index (χ4n) is 0.882. The van der Waals surface area contributed by atoms with Gasteiger partial charge in [-0.05, 0) is 12.5 Å². The van der Waals surface area contributed by atoms with Gasteiger partial charge in [0.25, 0.3) is 0 Å². The zero-order chi connectivity index (χ0) is 16.3. The SMILES string of the molecule is CC(OCCNS(=O)(=O)NC(=O)OCCN=[N+]=[N-])C(=O)O. The minimum atomic E-state index is -4.15. The maximum atomic E-state index is 11.3. The summed E-state index contributed by atoms with van der Waals surface area (Å²) in [5, 5.41) is 11.6. The summed E-state index contributed by atoms with van der Waals surface area (Å²) < 4.78 is 35.3. The molecule has 13 heteroatoms. The van der Waals surface area contributed by atoms with E-state index in [9.17, 15) is 18.0 Å². The summed E-state index contributed by atoms with van der Waals surface area (Å²) in [5.74, 6) is -1.18. The number of nitrogens with one attached hydrogen (secondary N) is 2. The van der Waals surface area contributed by atoms with Crippen LogP contribution >= 0.6 is 0 Å². The summed E-state index contributed by atoms with van der Waals surface area (Å²) in [6.45, 7) is 0.457. The summed E-state index contributed by atoms with van der Waals surface area (Å²) in [5.41, 5.74) is 7.96. The standard InChI is InChI=1S/C8H15N5O7S/c1-6(7(14)15)19-5-3-11-21(17,18)12-8(16)20-4-2-10-13-9/h6,11H,2-5H2,1H3,(H,12,16)(H,14,15). The van der Waals surface area contributed by atoms with Gasteiger partial charge >= 0.3 is 22.3 Å². The molecule has 0 fully saturated rings. The van der Waals surface area contributed by atoms with Gasteiger partial charge in [-0.3, -0.25) is 0 Å². The number of ether oxygens (including phenoxy) is 2. The molecule has 12 nitrogen and oxygen atoms in total. The first-order chi connectivity index (χ1) is 9.78. The average molecular weight is 325 g/mol. The van der Waals surface area contributed by atoms with E-state index in [1.165, 1.54) is 11.6 Å². The van der Waals surface area contributed by atoms with Gasteiger partial charge in [-0.15, -0.1) is 0 Å². The molecule has 0 radical (unpaired) electrons. The third-order valence-electron chi connectivity index (χ3n) is 1.82. The quantitative estimate of drug-likeness (QED) is 0.206. The lowest BCUT2D eigenvalue weighted by atomic mass is 10.4. The summed E-state index contributed by atoms with van der Waals surface area (Å²) >= 11 is 0. The number of aliphatic carboxylic acids is 1. The number of rotatable bonds is 10. The van der Waals surface area contributed by atoms with Crippen LogP contribution in [0, 0.1) is 0 Å². The molecule has 0 heterocycles. The van der Waals surface area contributed by atoms with Crippen LogP contribution in [-0.4, -0.2) is 58.0 Å². The molecule has 0 saturated carbocycles. The van der Waals surface area contributed by atoms with Gasteiger partial charge in [0.05, 0.1) is 19.8 Å². The Labute approximate surface area is 120 Å². The molecule has 1 unspecified atom stereocenters. The molecule has 0 aromatic heterocycles. The fourth-order valence-corrected chi connectivity index (χ4v) is 1.58. The number of carboxylic acid groups (broad SMARTS) is 1. The normalized spacial score (nSPS) is 12.0. The van der Waals surface area contributed by atoms with Crippen molar-refractivity contribution in [3.05, 3.63) is 10.4 Å². The number of nitrogens with zero attached hydrogens (tertiary/aromatic N) is 3. The summed E-state index contributed by atoms with van der Waals surface area (Å²) in [4.78, 5) is 23.9. The van der Waals surface area contributed by atoms with Crippen LogP contribution in [0.5, 0.6) is 0 Å². The molecule has 0 aromatic rings. The molecule has 0 aromatic carbocycles. The predicted molar refractivity (Wildman–Crippen MR) is 68.5 cm³/mol. The number of amides is 1. The Morgan fingerprint density at radius 2 is 2.10 bits per heavy atom. The van der Waals surface area contributed by atoms with Gasteiger partial charge in [0.2, 0.25) is 0 Å². The second-order valence-electron chi connectivity index (χ2n) is 3.44. The van der Waals surface area contributed by atoms with Crippen LogP contribution in [0.3, 0.4) is 0 Å². The molecule has 120 valence electrons. The number of carboxylic acids is 1. The van der Waals surface area contributed by atoms with Gasteiger partial charge in [-0.1, -0.05) is 5.11 Å². The van der Waals surface area contributed by atoms with Crippen molar-refractivity contribution in [1.82, 2.24) is 9.44 Å². The number of hydrogen-bond acceptors (Lipinski definition) is 7. The second-order valence-corrected chi connectivity index (χ2v) is 4.94. The Morgan fingerprint density at radius 3 is 2.67 bits per heavy atom. The molecule has 0 spiro atoms. The molecule has 0 aliphatic carbocycles. The van der Waals surface area contributed by atoms with Gasteiger partial charge in [0.1, 0.15) is 0 Å². The van der Waals surface area contributed by atoms with E-state index < -0.39 is 28.4 Å². The van der Waals surface area contributed by atoms with E-state index in [1.54, 1.807) is 0 Å². The molecule has 0 rings (SSSR count). The van der Waals surface area contributed by atoms with E-state index in [1.807, 2.05) is 4.72 Å². The molecular formula is C8H15N5O7S. The Balaban J connectivity index is 3.95. The summed E-state index contributed by atoms with van der Waals surface area (Å²) in [7, 11) is -4.15. The average Bonchev–Trinajstić information content (AvgIpc) is 2.38. The van der Waals surface area contributed by atoms with Gasteiger partial charge in [0.15, 0.2) is 6.10 Å². The summed E-state index contributed by atoms with van der Waals surface area (Å²) in [6, 6.07) is 0. The van der Waals surface area contributed by atoms with Crippen LogP contribution in [0.1, 0.15) is 6.92 Å². The topological polar surface area (TPSA) is 180 Å². The van der Waals surface area contributed by atoms with Crippen LogP contribution in [-0.2, 0) is 24.5 Å². The molecule has 0 aliphatic rings. The van der Waals surface area contributed by atoms with Crippen LogP contribution in [0.25, 0.3) is 10.4 Å². The zero-order valence-electron chi connectivity index (χ0n) is 11.1. The maximum Gasteiger partial charge on any atom is 0.421 e. The Kier molecular flexibility index (Phi) is 8.80. The van der Waals surface area contributed by atoms with Crippen molar-refractivity contribution >= 4 is 22.3 Å². The first-order valence-corrected chi connectivity index (χ1v) is 7.06. The van der Waals surface area contributed by atoms with Crippen LogP contribution in [0.2, 0.25) is 0 Å². The van der Waals surface area contributed by atoms with Crippen LogP contribution < -0.4 is 9.44 Å². The predicted octanol–water partition coefficient (Wildman–Crippen LogP) is -0.653. The Morgan fingerprint density at radius 1 is 1.43 bits per heavy atom. The number of carbonyl (C=O) groups is 2. The van der Waals surface area contributed by atoms with Gasteiger partial charge in [-0.25, -0.2) is 14.3 Å². The zero-order valence-corrected chi connectivity index (χ0v) is 11.9. The van der Waals surface area contributed by atoms with E-state index in [0.29, 0.717) is 0 Å². The number of azide groups is 1. The van der Waals surface area contributed by atoms with Crippen molar-refractivity contribution in [2.75, 3.05) is 26.3 Å². The van der Waals surface area contributed by atoms with E-state index in [-0.39, 0.29) is 26.3 Å². The van der Waals surface area contributed by atoms with Gasteiger partial charge in [-0.2, -0.15) is 13.1 Å². The molecule has 0 saturated heterocycles. The highest BCUT2D eigenvalue weighted by Gasteiger charge is 2.15. The van der Waals surface area contributed by atoms with Crippen molar-refractivity contribution in [3.63, 3.8) is 0 Å². The largest absolute Gasteiger partial charge is 0.479 e. The monoisotopic (exact) mass is 325 g/mol. The van der Waals surface area contributed by atoms with E-state index in [2.05, 4.69) is 14.8 Å². The summed E-state index contributed by atoms with van der Waals surface area (Å²) in [6.07, 6.45) is -2.32. The van der Waals surface area contributed by atoms with E-state index in [4.69, 9.17) is 15.4 Å². The number of carbonyl (C=O) groups excluding carboxylic acids is 1. The van der Waals surface area contributed by atoms with Crippen molar-refractivity contribution in [1.29, 1.82) is 0 Å². The molecule has 3 N–H and O–H groups in total. The smallest absolute Gasteiger partial charge is 0.421 e. The minimum absolute atomic E-state index is 0.127. The molecule has 0 aliphatic heterocycles. The van der Waals surface area contributed by atoms with Crippen molar-refractivity contribution in [3.8, 4) is 0 Å². The van der Waals surface area contributed by atoms with Crippen molar-refractivity contribution in [2.45, 2.75) is 13.0 Å². The highest BCUT2D eigenvalue weighted by molar-refractivity contribution is 7.88. The highest BCUT2D eigenvalue weighted by Crippen LogP contribution is 1.90. The fraction of sp³-hybridized carbons (Fsp3) is 0.750. The first kappa shape index (κ1) is 18.9. The Hall–Kier alpha value is -2.08. The highest BCUT2D eigenvalue weighted by atomic mass is 32.2.